The highest BCUT2D eigenvalue weighted by molar-refractivity contribution is 6.31. The lowest BCUT2D eigenvalue weighted by atomic mass is 10.1. The number of nitrogens with zero attached hydrogens (tertiary/aromatic N) is 2. The monoisotopic (exact) mass is 420 g/mol. The summed E-state index contributed by atoms with van der Waals surface area (Å²) in [5, 5.41) is 0.497. The largest absolute Gasteiger partial charge is 0.457 e. The van der Waals surface area contributed by atoms with Gasteiger partial charge < -0.3 is 14.5 Å². The third-order valence-corrected chi connectivity index (χ3v) is 5.35. The number of anilines is 1. The van der Waals surface area contributed by atoms with Gasteiger partial charge in [-0.3, -0.25) is 9.59 Å². The summed E-state index contributed by atoms with van der Waals surface area (Å²) < 4.78 is 5.81. The van der Waals surface area contributed by atoms with Gasteiger partial charge in [-0.2, -0.15) is 0 Å². The van der Waals surface area contributed by atoms with Gasteiger partial charge in [0.25, 0.3) is 5.91 Å². The molecular weight excluding hydrogens is 400 g/mol. The standard InChI is InChI=1S/C24H21ClN2O3/c1-17-23(28)27(15-14-26(17)24(29)18-6-5-7-19(25)16-18)20-10-12-22(13-11-20)30-21-8-3-2-4-9-21/h2-13,16-17H,14-15H2,1H3/t17-/m0/s1. The molecule has 1 saturated heterocycles. The van der Waals surface area contributed by atoms with Gasteiger partial charge in [-0.15, -0.1) is 0 Å². The molecule has 2 amide bonds. The van der Waals surface area contributed by atoms with Crippen LogP contribution in [-0.2, 0) is 4.79 Å². The minimum Gasteiger partial charge on any atom is -0.457 e. The Morgan fingerprint density at radius 3 is 2.33 bits per heavy atom. The van der Waals surface area contributed by atoms with Crippen molar-refractivity contribution in [2.24, 2.45) is 0 Å². The van der Waals surface area contributed by atoms with Crippen LogP contribution in [0, 0.1) is 0 Å². The number of hydrogen-bond donors (Lipinski definition) is 0. The van der Waals surface area contributed by atoms with Crippen LogP contribution in [-0.4, -0.2) is 35.8 Å². The second-order valence-electron chi connectivity index (χ2n) is 7.08. The van der Waals surface area contributed by atoms with E-state index in [4.69, 9.17) is 16.3 Å². The van der Waals surface area contributed by atoms with E-state index in [9.17, 15) is 9.59 Å². The lowest BCUT2D eigenvalue weighted by Crippen LogP contribution is -2.57. The van der Waals surface area contributed by atoms with E-state index < -0.39 is 6.04 Å². The molecule has 1 aliphatic heterocycles. The molecule has 0 aliphatic carbocycles. The molecule has 6 heteroatoms. The third-order valence-electron chi connectivity index (χ3n) is 5.12. The minimum absolute atomic E-state index is 0.117. The summed E-state index contributed by atoms with van der Waals surface area (Å²) in [4.78, 5) is 29.1. The summed E-state index contributed by atoms with van der Waals surface area (Å²) in [6.07, 6.45) is 0. The van der Waals surface area contributed by atoms with Crippen molar-refractivity contribution in [2.45, 2.75) is 13.0 Å². The first-order valence-electron chi connectivity index (χ1n) is 9.74. The Morgan fingerprint density at radius 2 is 1.63 bits per heavy atom. The van der Waals surface area contributed by atoms with E-state index in [1.807, 2.05) is 54.6 Å². The predicted octanol–water partition coefficient (Wildman–Crippen LogP) is 5.01. The van der Waals surface area contributed by atoms with E-state index in [0.717, 1.165) is 11.4 Å². The smallest absolute Gasteiger partial charge is 0.254 e. The zero-order valence-corrected chi connectivity index (χ0v) is 17.3. The van der Waals surface area contributed by atoms with Gasteiger partial charge in [0, 0.05) is 29.4 Å². The number of hydrogen-bond acceptors (Lipinski definition) is 3. The molecule has 1 aliphatic rings. The number of piperazine rings is 1. The van der Waals surface area contributed by atoms with Crippen LogP contribution in [0.15, 0.2) is 78.9 Å². The number of benzene rings is 3. The molecule has 1 atom stereocenters. The molecule has 3 aromatic rings. The quantitative estimate of drug-likeness (QED) is 0.596. The molecule has 0 bridgehead atoms. The Morgan fingerprint density at radius 1 is 0.933 bits per heavy atom. The summed E-state index contributed by atoms with van der Waals surface area (Å²) in [7, 11) is 0. The number of amides is 2. The average Bonchev–Trinajstić information content (AvgIpc) is 2.77. The highest BCUT2D eigenvalue weighted by atomic mass is 35.5. The van der Waals surface area contributed by atoms with E-state index in [1.54, 1.807) is 41.0 Å². The Hall–Kier alpha value is -3.31. The zero-order chi connectivity index (χ0) is 21.1. The maximum Gasteiger partial charge on any atom is 0.254 e. The molecule has 5 nitrogen and oxygen atoms in total. The van der Waals surface area contributed by atoms with Crippen molar-refractivity contribution in [1.82, 2.24) is 4.90 Å². The van der Waals surface area contributed by atoms with E-state index in [0.29, 0.717) is 29.4 Å². The Bertz CT molecular complexity index is 1050. The number of para-hydroxylation sites is 1. The normalized spacial score (nSPS) is 16.5. The first kappa shape index (κ1) is 20.0. The lowest BCUT2D eigenvalue weighted by Gasteiger charge is -2.39. The summed E-state index contributed by atoms with van der Waals surface area (Å²) in [5.74, 6) is 1.14. The zero-order valence-electron chi connectivity index (χ0n) is 16.5. The minimum atomic E-state index is -0.564. The van der Waals surface area contributed by atoms with Crippen LogP contribution in [0.5, 0.6) is 11.5 Å². The summed E-state index contributed by atoms with van der Waals surface area (Å²) in [6, 6.07) is 23.1. The summed E-state index contributed by atoms with van der Waals surface area (Å²) in [5.41, 5.74) is 1.26. The lowest BCUT2D eigenvalue weighted by molar-refractivity contribution is -0.124. The SMILES string of the molecule is C[C@H]1C(=O)N(c2ccc(Oc3ccccc3)cc2)CCN1C(=O)c1cccc(Cl)c1. The van der Waals surface area contributed by atoms with Crippen LogP contribution in [0.25, 0.3) is 0 Å². The second kappa shape index (κ2) is 8.59. The Kier molecular flexibility index (Phi) is 5.72. The molecule has 0 unspecified atom stereocenters. The van der Waals surface area contributed by atoms with Crippen LogP contribution < -0.4 is 9.64 Å². The van der Waals surface area contributed by atoms with Gasteiger partial charge in [0.1, 0.15) is 17.5 Å². The van der Waals surface area contributed by atoms with Crippen molar-refractivity contribution < 1.29 is 14.3 Å². The first-order chi connectivity index (χ1) is 14.5. The van der Waals surface area contributed by atoms with Gasteiger partial charge in [-0.1, -0.05) is 35.9 Å². The van der Waals surface area contributed by atoms with Crippen molar-refractivity contribution in [1.29, 1.82) is 0 Å². The first-order valence-corrected chi connectivity index (χ1v) is 10.1. The molecule has 0 saturated carbocycles. The van der Waals surface area contributed by atoms with Gasteiger partial charge in [-0.05, 0) is 61.5 Å². The highest BCUT2D eigenvalue weighted by Crippen LogP contribution is 2.27. The highest BCUT2D eigenvalue weighted by Gasteiger charge is 2.35. The second-order valence-corrected chi connectivity index (χ2v) is 7.52. The van der Waals surface area contributed by atoms with Crippen LogP contribution >= 0.6 is 11.6 Å². The number of halogens is 1. The Labute approximate surface area is 180 Å². The van der Waals surface area contributed by atoms with E-state index in [-0.39, 0.29) is 11.8 Å². The fourth-order valence-corrected chi connectivity index (χ4v) is 3.70. The van der Waals surface area contributed by atoms with Gasteiger partial charge in [0.2, 0.25) is 5.91 Å². The molecule has 0 aromatic heterocycles. The summed E-state index contributed by atoms with van der Waals surface area (Å²) >= 11 is 6.00. The van der Waals surface area contributed by atoms with E-state index in [2.05, 4.69) is 0 Å². The fraction of sp³-hybridized carbons (Fsp3) is 0.167. The number of rotatable bonds is 4. The molecule has 1 heterocycles. The number of carbonyl (C=O) groups is 2. The van der Waals surface area contributed by atoms with Gasteiger partial charge in [0.05, 0.1) is 0 Å². The van der Waals surface area contributed by atoms with Crippen LogP contribution in [0.3, 0.4) is 0 Å². The molecule has 4 rings (SSSR count). The molecular formula is C24H21ClN2O3. The van der Waals surface area contributed by atoms with E-state index in [1.165, 1.54) is 0 Å². The molecule has 1 fully saturated rings. The molecule has 3 aromatic carbocycles. The van der Waals surface area contributed by atoms with Crippen molar-refractivity contribution in [2.75, 3.05) is 18.0 Å². The molecule has 0 radical (unpaired) electrons. The molecule has 0 spiro atoms. The summed E-state index contributed by atoms with van der Waals surface area (Å²) in [6.45, 7) is 2.62. The van der Waals surface area contributed by atoms with E-state index >= 15 is 0 Å². The molecule has 0 N–H and O–H groups in total. The average molecular weight is 421 g/mol. The molecule has 30 heavy (non-hydrogen) atoms. The molecule has 152 valence electrons. The van der Waals surface area contributed by atoms with Gasteiger partial charge >= 0.3 is 0 Å². The van der Waals surface area contributed by atoms with Crippen molar-refractivity contribution >= 4 is 29.1 Å². The fourth-order valence-electron chi connectivity index (χ4n) is 3.51. The predicted molar refractivity (Wildman–Crippen MR) is 117 cm³/mol. The van der Waals surface area contributed by atoms with Crippen LogP contribution in [0.4, 0.5) is 5.69 Å². The third kappa shape index (κ3) is 4.16. The maximum atomic E-state index is 13.0. The van der Waals surface area contributed by atoms with Crippen LogP contribution in [0.1, 0.15) is 17.3 Å². The van der Waals surface area contributed by atoms with Crippen LogP contribution in [0.2, 0.25) is 5.02 Å². The van der Waals surface area contributed by atoms with Gasteiger partial charge in [-0.25, -0.2) is 0 Å². The van der Waals surface area contributed by atoms with Crippen molar-refractivity contribution in [3.05, 3.63) is 89.4 Å². The van der Waals surface area contributed by atoms with Crippen molar-refractivity contribution in [3.8, 4) is 11.5 Å². The maximum absolute atomic E-state index is 13.0. The topological polar surface area (TPSA) is 49.9 Å². The van der Waals surface area contributed by atoms with Gasteiger partial charge in [0.15, 0.2) is 0 Å². The Balaban J connectivity index is 1.45. The number of carbonyl (C=O) groups excluding carboxylic acids is 2. The number of ether oxygens (including phenoxy) is 1. The van der Waals surface area contributed by atoms with Crippen molar-refractivity contribution in [3.63, 3.8) is 0 Å².